The van der Waals surface area contributed by atoms with Gasteiger partial charge in [0.15, 0.2) is 0 Å². The summed E-state index contributed by atoms with van der Waals surface area (Å²) in [5.41, 5.74) is 0.916. The van der Waals surface area contributed by atoms with Crippen LogP contribution in [-0.4, -0.2) is 50.0 Å². The fourth-order valence-electron chi connectivity index (χ4n) is 4.29. The van der Waals surface area contributed by atoms with Gasteiger partial charge in [-0.25, -0.2) is 12.8 Å². The van der Waals surface area contributed by atoms with E-state index in [-0.39, 0.29) is 24.2 Å². The summed E-state index contributed by atoms with van der Waals surface area (Å²) >= 11 is 5.94. The Bertz CT molecular complexity index is 1120. The molecule has 1 aliphatic rings. The molecular formula is C25H31ClFN3O4S. The molecule has 35 heavy (non-hydrogen) atoms. The van der Waals surface area contributed by atoms with Crippen LogP contribution in [0.4, 0.5) is 10.1 Å². The van der Waals surface area contributed by atoms with E-state index < -0.39 is 34.3 Å². The van der Waals surface area contributed by atoms with Crippen LogP contribution in [0.5, 0.6) is 0 Å². The fraction of sp³-hybridized carbons (Fsp3) is 0.440. The van der Waals surface area contributed by atoms with Crippen LogP contribution in [0, 0.1) is 5.82 Å². The number of carbonyl (C=O) groups excluding carboxylic acids is 2. The maximum Gasteiger partial charge on any atom is 0.244 e. The van der Waals surface area contributed by atoms with E-state index in [9.17, 15) is 22.4 Å². The number of hydrogen-bond acceptors (Lipinski definition) is 4. The molecule has 10 heteroatoms. The van der Waals surface area contributed by atoms with Gasteiger partial charge in [0, 0.05) is 17.6 Å². The first-order valence-electron chi connectivity index (χ1n) is 11.7. The maximum atomic E-state index is 13.6. The van der Waals surface area contributed by atoms with Crippen LogP contribution in [0.15, 0.2) is 48.5 Å². The van der Waals surface area contributed by atoms with Gasteiger partial charge in [0.1, 0.15) is 18.4 Å². The summed E-state index contributed by atoms with van der Waals surface area (Å²) in [5.74, 6) is -1.22. The molecule has 1 saturated carbocycles. The first-order valence-corrected chi connectivity index (χ1v) is 13.9. The summed E-state index contributed by atoms with van der Waals surface area (Å²) in [7, 11) is -3.82. The molecule has 190 valence electrons. The van der Waals surface area contributed by atoms with Crippen LogP contribution in [0.2, 0.25) is 5.02 Å². The lowest BCUT2D eigenvalue weighted by Gasteiger charge is -2.33. The summed E-state index contributed by atoms with van der Waals surface area (Å²) in [5, 5.41) is 3.47. The Labute approximate surface area is 211 Å². The van der Waals surface area contributed by atoms with Crippen molar-refractivity contribution in [2.75, 3.05) is 17.1 Å². The summed E-state index contributed by atoms with van der Waals surface area (Å²) < 4.78 is 39.6. The van der Waals surface area contributed by atoms with Gasteiger partial charge in [0.25, 0.3) is 0 Å². The molecule has 2 aromatic rings. The molecule has 1 unspecified atom stereocenters. The Balaban J connectivity index is 1.90. The highest BCUT2D eigenvalue weighted by Crippen LogP contribution is 2.23. The molecule has 0 saturated heterocycles. The molecule has 1 N–H and O–H groups in total. The molecule has 0 spiro atoms. The SMILES string of the molecule is CCC(C(=O)NC1CCCC1)N(Cc1ccc(F)cc1)C(=O)CN(c1ccc(Cl)cc1)S(C)(=O)=O. The van der Waals surface area contributed by atoms with Crippen molar-refractivity contribution >= 4 is 39.1 Å². The minimum Gasteiger partial charge on any atom is -0.352 e. The zero-order valence-corrected chi connectivity index (χ0v) is 21.5. The second kappa shape index (κ2) is 11.9. The van der Waals surface area contributed by atoms with Crippen LogP contribution in [0.25, 0.3) is 0 Å². The van der Waals surface area contributed by atoms with Crippen molar-refractivity contribution in [2.24, 2.45) is 0 Å². The van der Waals surface area contributed by atoms with Gasteiger partial charge in [-0.05, 0) is 61.2 Å². The molecule has 0 heterocycles. The Morgan fingerprint density at radius 1 is 1.09 bits per heavy atom. The molecule has 0 aliphatic heterocycles. The fourth-order valence-corrected chi connectivity index (χ4v) is 5.27. The van der Waals surface area contributed by atoms with Crippen molar-refractivity contribution in [3.05, 3.63) is 64.9 Å². The largest absolute Gasteiger partial charge is 0.352 e. The number of carbonyl (C=O) groups is 2. The molecule has 1 aliphatic carbocycles. The van der Waals surface area contributed by atoms with Crippen LogP contribution in [0.3, 0.4) is 0 Å². The summed E-state index contributed by atoms with van der Waals surface area (Å²) in [4.78, 5) is 28.2. The number of anilines is 1. The predicted octanol–water partition coefficient (Wildman–Crippen LogP) is 4.11. The first-order chi connectivity index (χ1) is 16.6. The molecular weight excluding hydrogens is 493 g/mol. The van der Waals surface area contributed by atoms with E-state index in [4.69, 9.17) is 11.6 Å². The number of amides is 2. The lowest BCUT2D eigenvalue weighted by molar-refractivity contribution is -0.140. The van der Waals surface area contributed by atoms with Crippen molar-refractivity contribution in [2.45, 2.75) is 57.7 Å². The predicted molar refractivity (Wildman–Crippen MR) is 135 cm³/mol. The molecule has 0 aromatic heterocycles. The molecule has 1 fully saturated rings. The number of halogens is 2. The van der Waals surface area contributed by atoms with Crippen LogP contribution in [-0.2, 0) is 26.2 Å². The van der Waals surface area contributed by atoms with E-state index in [1.807, 2.05) is 0 Å². The quantitative estimate of drug-likeness (QED) is 0.507. The van der Waals surface area contributed by atoms with Gasteiger partial charge < -0.3 is 10.2 Å². The van der Waals surface area contributed by atoms with Crippen molar-refractivity contribution in [1.82, 2.24) is 10.2 Å². The van der Waals surface area contributed by atoms with Crippen molar-refractivity contribution in [1.29, 1.82) is 0 Å². The number of sulfonamides is 1. The lowest BCUT2D eigenvalue weighted by atomic mass is 10.1. The van der Waals surface area contributed by atoms with Crippen molar-refractivity contribution in [3.8, 4) is 0 Å². The number of nitrogens with one attached hydrogen (secondary N) is 1. The topological polar surface area (TPSA) is 86.8 Å². The zero-order valence-electron chi connectivity index (χ0n) is 19.9. The third-order valence-electron chi connectivity index (χ3n) is 6.15. The summed E-state index contributed by atoms with van der Waals surface area (Å²) in [6.45, 7) is 1.35. The minimum atomic E-state index is -3.82. The standard InChI is InChI=1S/C25H31ClFN3O4S/c1-3-23(25(32)28-21-6-4-5-7-21)29(16-18-8-12-20(27)13-9-18)24(31)17-30(35(2,33)34)22-14-10-19(26)11-15-22/h8-15,21,23H,3-7,16-17H2,1-2H3,(H,28,32). The van der Waals surface area contributed by atoms with Gasteiger partial charge in [0.05, 0.1) is 11.9 Å². The van der Waals surface area contributed by atoms with Gasteiger partial charge in [-0.1, -0.05) is 43.5 Å². The Kier molecular flexibility index (Phi) is 9.13. The van der Waals surface area contributed by atoms with E-state index in [0.29, 0.717) is 17.0 Å². The first kappa shape index (κ1) is 26.9. The van der Waals surface area contributed by atoms with E-state index in [2.05, 4.69) is 5.32 Å². The third kappa shape index (κ3) is 7.41. The Morgan fingerprint density at radius 2 is 1.69 bits per heavy atom. The Morgan fingerprint density at radius 3 is 2.23 bits per heavy atom. The Hall–Kier alpha value is -2.65. The lowest BCUT2D eigenvalue weighted by Crippen LogP contribution is -2.53. The highest BCUT2D eigenvalue weighted by molar-refractivity contribution is 7.92. The van der Waals surface area contributed by atoms with E-state index >= 15 is 0 Å². The molecule has 2 aromatic carbocycles. The highest BCUT2D eigenvalue weighted by Gasteiger charge is 2.33. The second-order valence-electron chi connectivity index (χ2n) is 8.81. The molecule has 3 rings (SSSR count). The number of nitrogens with zero attached hydrogens (tertiary/aromatic N) is 2. The number of rotatable bonds is 10. The zero-order chi connectivity index (χ0) is 25.6. The highest BCUT2D eigenvalue weighted by atomic mass is 35.5. The molecule has 0 radical (unpaired) electrons. The van der Waals surface area contributed by atoms with Crippen molar-refractivity contribution in [3.63, 3.8) is 0 Å². The number of benzene rings is 2. The second-order valence-corrected chi connectivity index (χ2v) is 11.2. The van der Waals surface area contributed by atoms with E-state index in [0.717, 1.165) is 36.2 Å². The van der Waals surface area contributed by atoms with Crippen LogP contribution >= 0.6 is 11.6 Å². The van der Waals surface area contributed by atoms with Gasteiger partial charge >= 0.3 is 0 Å². The molecule has 1 atom stereocenters. The maximum absolute atomic E-state index is 13.6. The minimum absolute atomic E-state index is 0.0356. The monoisotopic (exact) mass is 523 g/mol. The van der Waals surface area contributed by atoms with Gasteiger partial charge in [-0.15, -0.1) is 0 Å². The van der Waals surface area contributed by atoms with Gasteiger partial charge in [-0.3, -0.25) is 13.9 Å². The normalized spacial score (nSPS) is 15.0. The van der Waals surface area contributed by atoms with Crippen LogP contribution < -0.4 is 9.62 Å². The van der Waals surface area contributed by atoms with E-state index in [1.54, 1.807) is 31.2 Å². The molecule has 7 nitrogen and oxygen atoms in total. The summed E-state index contributed by atoms with van der Waals surface area (Å²) in [6.07, 6.45) is 5.24. The van der Waals surface area contributed by atoms with Crippen molar-refractivity contribution < 1.29 is 22.4 Å². The van der Waals surface area contributed by atoms with Crippen LogP contribution in [0.1, 0.15) is 44.6 Å². The summed E-state index contributed by atoms with van der Waals surface area (Å²) in [6, 6.07) is 11.0. The average Bonchev–Trinajstić information content (AvgIpc) is 3.31. The molecule has 2 amide bonds. The van der Waals surface area contributed by atoms with Gasteiger partial charge in [-0.2, -0.15) is 0 Å². The third-order valence-corrected chi connectivity index (χ3v) is 7.54. The average molecular weight is 524 g/mol. The smallest absolute Gasteiger partial charge is 0.244 e. The van der Waals surface area contributed by atoms with E-state index in [1.165, 1.54) is 29.2 Å². The van der Waals surface area contributed by atoms with Gasteiger partial charge in [0.2, 0.25) is 21.8 Å². The molecule has 0 bridgehead atoms. The number of hydrogen-bond donors (Lipinski definition) is 1.